The van der Waals surface area contributed by atoms with E-state index in [1.165, 1.54) is 6.33 Å². The molecule has 0 fully saturated rings. The van der Waals surface area contributed by atoms with Crippen molar-refractivity contribution in [3.05, 3.63) is 46.5 Å². The summed E-state index contributed by atoms with van der Waals surface area (Å²) >= 11 is 3.39. The highest BCUT2D eigenvalue weighted by Crippen LogP contribution is 2.16. The molecule has 106 valence electrons. The zero-order valence-electron chi connectivity index (χ0n) is 11.3. The maximum absolute atomic E-state index is 12.1. The minimum absolute atomic E-state index is 0.0622. The Labute approximate surface area is 125 Å². The molecule has 0 aliphatic heterocycles. The van der Waals surface area contributed by atoms with Gasteiger partial charge in [0.25, 0.3) is 0 Å². The maximum atomic E-state index is 12.1. The van der Waals surface area contributed by atoms with Gasteiger partial charge in [0.05, 0.1) is 12.6 Å². The fourth-order valence-electron chi connectivity index (χ4n) is 1.73. The summed E-state index contributed by atoms with van der Waals surface area (Å²) in [6, 6.07) is 7.65. The van der Waals surface area contributed by atoms with Crippen molar-refractivity contribution in [2.45, 2.75) is 19.5 Å². The van der Waals surface area contributed by atoms with Gasteiger partial charge in [-0.3, -0.25) is 5.10 Å². The average Bonchev–Trinajstić information content (AvgIpc) is 2.92. The Kier molecular flexibility index (Phi) is 4.73. The summed E-state index contributed by atoms with van der Waals surface area (Å²) in [6.45, 7) is 2.34. The van der Waals surface area contributed by atoms with E-state index in [0.717, 1.165) is 10.0 Å². The minimum Gasteiger partial charge on any atom is -0.331 e. The van der Waals surface area contributed by atoms with Gasteiger partial charge in [-0.05, 0) is 24.6 Å². The van der Waals surface area contributed by atoms with Crippen LogP contribution in [0.1, 0.15) is 24.4 Å². The summed E-state index contributed by atoms with van der Waals surface area (Å²) in [4.78, 5) is 17.6. The SMILES string of the molecule is C[C@H](NC(=O)N(C)Cc1ncn[nH]1)c1ccc(Br)cc1. The molecule has 7 heteroatoms. The van der Waals surface area contributed by atoms with Crippen molar-refractivity contribution in [2.75, 3.05) is 7.05 Å². The topological polar surface area (TPSA) is 73.9 Å². The first-order valence-electron chi connectivity index (χ1n) is 6.17. The van der Waals surface area contributed by atoms with Gasteiger partial charge < -0.3 is 10.2 Å². The van der Waals surface area contributed by atoms with Crippen LogP contribution < -0.4 is 5.32 Å². The average molecular weight is 338 g/mol. The van der Waals surface area contributed by atoms with Crippen LogP contribution in [-0.4, -0.2) is 33.2 Å². The summed E-state index contributed by atoms with van der Waals surface area (Å²) in [5.41, 5.74) is 1.05. The first kappa shape index (κ1) is 14.5. The van der Waals surface area contributed by atoms with Crippen LogP contribution in [0.4, 0.5) is 4.79 Å². The second-order valence-corrected chi connectivity index (χ2v) is 5.43. The number of carbonyl (C=O) groups excluding carboxylic acids is 1. The number of hydrogen-bond donors (Lipinski definition) is 2. The number of nitrogens with one attached hydrogen (secondary N) is 2. The minimum atomic E-state index is -0.156. The third-order valence-corrected chi connectivity index (χ3v) is 3.44. The zero-order chi connectivity index (χ0) is 14.5. The highest BCUT2D eigenvalue weighted by molar-refractivity contribution is 9.10. The van der Waals surface area contributed by atoms with Crippen LogP contribution in [0.3, 0.4) is 0 Å². The molecule has 1 heterocycles. The lowest BCUT2D eigenvalue weighted by atomic mass is 10.1. The van der Waals surface area contributed by atoms with Gasteiger partial charge in [0.2, 0.25) is 0 Å². The van der Waals surface area contributed by atoms with E-state index in [0.29, 0.717) is 12.4 Å². The number of aromatic nitrogens is 3. The molecular formula is C13H16BrN5O. The Morgan fingerprint density at radius 2 is 2.15 bits per heavy atom. The van der Waals surface area contributed by atoms with E-state index in [9.17, 15) is 4.79 Å². The first-order valence-corrected chi connectivity index (χ1v) is 6.97. The molecule has 0 aliphatic rings. The normalized spacial score (nSPS) is 11.9. The lowest BCUT2D eigenvalue weighted by Crippen LogP contribution is -2.38. The Hall–Kier alpha value is -1.89. The van der Waals surface area contributed by atoms with Gasteiger partial charge in [-0.15, -0.1) is 0 Å². The van der Waals surface area contributed by atoms with Crippen molar-refractivity contribution in [3.63, 3.8) is 0 Å². The van der Waals surface area contributed by atoms with Gasteiger partial charge in [0, 0.05) is 11.5 Å². The highest BCUT2D eigenvalue weighted by atomic mass is 79.9. The molecular weight excluding hydrogens is 322 g/mol. The van der Waals surface area contributed by atoms with Gasteiger partial charge in [0.15, 0.2) is 0 Å². The maximum Gasteiger partial charge on any atom is 0.318 e. The number of nitrogens with zero attached hydrogens (tertiary/aromatic N) is 3. The molecule has 0 unspecified atom stereocenters. The fourth-order valence-corrected chi connectivity index (χ4v) is 2.00. The first-order chi connectivity index (χ1) is 9.56. The third kappa shape index (κ3) is 3.80. The predicted octanol–water partition coefficient (Wildman–Crippen LogP) is 2.47. The van der Waals surface area contributed by atoms with Crippen molar-refractivity contribution >= 4 is 22.0 Å². The quantitative estimate of drug-likeness (QED) is 0.899. The lowest BCUT2D eigenvalue weighted by Gasteiger charge is -2.20. The van der Waals surface area contributed by atoms with Gasteiger partial charge in [-0.1, -0.05) is 28.1 Å². The highest BCUT2D eigenvalue weighted by Gasteiger charge is 2.14. The Bertz CT molecular complexity index is 555. The van der Waals surface area contributed by atoms with Crippen molar-refractivity contribution < 1.29 is 4.79 Å². The monoisotopic (exact) mass is 337 g/mol. The predicted molar refractivity (Wildman–Crippen MR) is 78.9 cm³/mol. The Morgan fingerprint density at radius 1 is 1.45 bits per heavy atom. The van der Waals surface area contributed by atoms with Crippen molar-refractivity contribution in [1.82, 2.24) is 25.4 Å². The summed E-state index contributed by atoms with van der Waals surface area (Å²) < 4.78 is 1.02. The molecule has 1 aromatic carbocycles. The van der Waals surface area contributed by atoms with Crippen LogP contribution >= 0.6 is 15.9 Å². The van der Waals surface area contributed by atoms with Crippen LogP contribution in [0.15, 0.2) is 35.1 Å². The largest absolute Gasteiger partial charge is 0.331 e. The molecule has 2 N–H and O–H groups in total. The molecule has 0 bridgehead atoms. The van der Waals surface area contributed by atoms with Crippen LogP contribution in [0.2, 0.25) is 0 Å². The number of urea groups is 1. The Balaban J connectivity index is 1.91. The second kappa shape index (κ2) is 6.51. The van der Waals surface area contributed by atoms with E-state index >= 15 is 0 Å². The molecule has 0 aliphatic carbocycles. The molecule has 2 aromatic rings. The Morgan fingerprint density at radius 3 is 2.75 bits per heavy atom. The van der Waals surface area contributed by atoms with Crippen molar-refractivity contribution in [1.29, 1.82) is 0 Å². The van der Waals surface area contributed by atoms with Gasteiger partial charge in [0.1, 0.15) is 12.2 Å². The lowest BCUT2D eigenvalue weighted by molar-refractivity contribution is 0.202. The number of hydrogen-bond acceptors (Lipinski definition) is 3. The van der Waals surface area contributed by atoms with Crippen LogP contribution in [-0.2, 0) is 6.54 Å². The molecule has 1 atom stereocenters. The van der Waals surface area contributed by atoms with Crippen LogP contribution in [0, 0.1) is 0 Å². The van der Waals surface area contributed by atoms with Gasteiger partial charge >= 0.3 is 6.03 Å². The van der Waals surface area contributed by atoms with E-state index < -0.39 is 0 Å². The number of H-pyrrole nitrogens is 1. The molecule has 0 spiro atoms. The number of aromatic amines is 1. The molecule has 1 aromatic heterocycles. The summed E-state index contributed by atoms with van der Waals surface area (Å²) in [6.07, 6.45) is 1.42. The van der Waals surface area contributed by atoms with Crippen LogP contribution in [0.25, 0.3) is 0 Å². The molecule has 0 saturated heterocycles. The molecule has 2 amide bonds. The van der Waals surface area contributed by atoms with E-state index in [-0.39, 0.29) is 12.1 Å². The summed E-state index contributed by atoms with van der Waals surface area (Å²) in [5.74, 6) is 0.652. The zero-order valence-corrected chi connectivity index (χ0v) is 12.9. The number of amides is 2. The van der Waals surface area contributed by atoms with E-state index in [4.69, 9.17) is 0 Å². The second-order valence-electron chi connectivity index (χ2n) is 4.51. The molecule has 0 radical (unpaired) electrons. The standard InChI is InChI=1S/C13H16BrN5O/c1-9(10-3-5-11(14)6-4-10)17-13(20)19(2)7-12-15-8-16-18-12/h3-6,8-9H,7H2,1-2H3,(H,17,20)(H,15,16,18)/t9-/m0/s1. The van der Waals surface area contributed by atoms with Crippen LogP contribution in [0.5, 0.6) is 0 Å². The van der Waals surface area contributed by atoms with Crippen molar-refractivity contribution in [3.8, 4) is 0 Å². The molecule has 2 rings (SSSR count). The van der Waals surface area contributed by atoms with E-state index in [2.05, 4.69) is 36.4 Å². The summed E-state index contributed by atoms with van der Waals surface area (Å²) in [5, 5.41) is 9.42. The van der Waals surface area contributed by atoms with E-state index in [1.54, 1.807) is 11.9 Å². The number of benzene rings is 1. The number of rotatable bonds is 4. The molecule has 20 heavy (non-hydrogen) atoms. The van der Waals surface area contributed by atoms with Gasteiger partial charge in [-0.2, -0.15) is 5.10 Å². The van der Waals surface area contributed by atoms with Crippen molar-refractivity contribution in [2.24, 2.45) is 0 Å². The summed E-state index contributed by atoms with van der Waals surface area (Å²) in [7, 11) is 1.71. The number of carbonyl (C=O) groups is 1. The third-order valence-electron chi connectivity index (χ3n) is 2.91. The fraction of sp³-hybridized carbons (Fsp3) is 0.308. The smallest absolute Gasteiger partial charge is 0.318 e. The van der Waals surface area contributed by atoms with Gasteiger partial charge in [-0.25, -0.2) is 9.78 Å². The van der Waals surface area contributed by atoms with E-state index in [1.807, 2.05) is 31.2 Å². The number of halogens is 1. The molecule has 6 nitrogen and oxygen atoms in total. The molecule has 0 saturated carbocycles.